The van der Waals surface area contributed by atoms with Gasteiger partial charge in [0, 0.05) is 36.6 Å². The van der Waals surface area contributed by atoms with E-state index in [1.807, 2.05) is 12.1 Å². The second-order valence-electron chi connectivity index (χ2n) is 7.39. The van der Waals surface area contributed by atoms with Gasteiger partial charge in [-0.15, -0.1) is 0 Å². The summed E-state index contributed by atoms with van der Waals surface area (Å²) in [6.07, 6.45) is 11.4. The highest BCUT2D eigenvalue weighted by molar-refractivity contribution is 5.56. The average molecular weight is 338 g/mol. The fourth-order valence-corrected chi connectivity index (χ4v) is 4.27. The van der Waals surface area contributed by atoms with Crippen LogP contribution in [-0.2, 0) is 6.54 Å². The van der Waals surface area contributed by atoms with Crippen LogP contribution < -0.4 is 5.56 Å². The van der Waals surface area contributed by atoms with E-state index in [2.05, 4.69) is 15.0 Å². The van der Waals surface area contributed by atoms with Crippen molar-refractivity contribution in [3.8, 4) is 11.3 Å². The van der Waals surface area contributed by atoms with Crippen LogP contribution in [0.1, 0.15) is 38.5 Å². The minimum absolute atomic E-state index is 0.00368. The number of rotatable bonds is 4. The Morgan fingerprint density at radius 1 is 0.960 bits per heavy atom. The third-order valence-electron chi connectivity index (χ3n) is 5.76. The van der Waals surface area contributed by atoms with Crippen molar-refractivity contribution in [1.29, 1.82) is 0 Å². The Bertz CT molecular complexity index is 744. The fraction of sp³-hybridized carbons (Fsp3) is 0.550. The van der Waals surface area contributed by atoms with E-state index in [9.17, 15) is 4.79 Å². The first-order valence-corrected chi connectivity index (χ1v) is 9.52. The van der Waals surface area contributed by atoms with E-state index >= 15 is 0 Å². The van der Waals surface area contributed by atoms with Gasteiger partial charge in [-0.2, -0.15) is 5.10 Å². The molecule has 1 saturated heterocycles. The summed E-state index contributed by atoms with van der Waals surface area (Å²) in [4.78, 5) is 18.9. The van der Waals surface area contributed by atoms with E-state index in [0.29, 0.717) is 5.92 Å². The van der Waals surface area contributed by atoms with Crippen molar-refractivity contribution in [3.05, 3.63) is 47.0 Å². The van der Waals surface area contributed by atoms with Gasteiger partial charge in [0.2, 0.25) is 0 Å². The molecule has 25 heavy (non-hydrogen) atoms. The molecule has 0 amide bonds. The van der Waals surface area contributed by atoms with Crippen LogP contribution in [0, 0.1) is 5.92 Å². The topological polar surface area (TPSA) is 51.0 Å². The first-order valence-electron chi connectivity index (χ1n) is 9.52. The molecule has 0 radical (unpaired) electrons. The lowest BCUT2D eigenvalue weighted by Gasteiger charge is -2.36. The summed E-state index contributed by atoms with van der Waals surface area (Å²) in [5.41, 5.74) is 1.83. The molecule has 1 aliphatic carbocycles. The number of pyridine rings is 1. The van der Waals surface area contributed by atoms with Crippen molar-refractivity contribution in [2.45, 2.75) is 51.1 Å². The molecule has 5 heteroatoms. The second-order valence-corrected chi connectivity index (χ2v) is 7.39. The molecule has 132 valence electrons. The highest BCUT2D eigenvalue weighted by Gasteiger charge is 2.27. The largest absolute Gasteiger partial charge is 0.300 e. The molecule has 4 rings (SSSR count). The van der Waals surface area contributed by atoms with Gasteiger partial charge in [0.25, 0.3) is 5.56 Å². The summed E-state index contributed by atoms with van der Waals surface area (Å²) in [5.74, 6) is 0.551. The van der Waals surface area contributed by atoms with Gasteiger partial charge in [-0.25, -0.2) is 4.68 Å². The van der Waals surface area contributed by atoms with Crippen LogP contribution in [0.15, 0.2) is 41.5 Å². The monoisotopic (exact) mass is 338 g/mol. The fourth-order valence-electron chi connectivity index (χ4n) is 4.27. The molecule has 2 aromatic rings. The zero-order chi connectivity index (χ0) is 17.1. The lowest BCUT2D eigenvalue weighted by molar-refractivity contribution is 0.125. The van der Waals surface area contributed by atoms with Crippen LogP contribution in [-0.4, -0.2) is 38.8 Å². The summed E-state index contributed by atoms with van der Waals surface area (Å²) in [6.45, 7) is 3.08. The Morgan fingerprint density at radius 3 is 2.40 bits per heavy atom. The standard InChI is InChI=1S/C20H26N4O/c25-20-6-5-19(17-7-11-21-12-8-17)22-24(20)15-16-9-13-23(14-10-16)18-3-1-2-4-18/h5-8,11-12,16,18H,1-4,9-10,13-15H2. The minimum Gasteiger partial charge on any atom is -0.300 e. The Morgan fingerprint density at radius 2 is 1.68 bits per heavy atom. The molecule has 0 unspecified atom stereocenters. The van der Waals surface area contributed by atoms with Gasteiger partial charge in [-0.05, 0) is 62.9 Å². The van der Waals surface area contributed by atoms with Gasteiger partial charge < -0.3 is 4.90 Å². The van der Waals surface area contributed by atoms with Crippen LogP contribution in [0.4, 0.5) is 0 Å². The van der Waals surface area contributed by atoms with Crippen molar-refractivity contribution in [1.82, 2.24) is 19.7 Å². The van der Waals surface area contributed by atoms with E-state index < -0.39 is 0 Å². The molecule has 0 spiro atoms. The zero-order valence-corrected chi connectivity index (χ0v) is 14.7. The SMILES string of the molecule is O=c1ccc(-c2ccncc2)nn1CC1CCN(C2CCCC2)CC1. The van der Waals surface area contributed by atoms with Crippen LogP contribution in [0.25, 0.3) is 11.3 Å². The number of hydrogen-bond acceptors (Lipinski definition) is 4. The number of likely N-dealkylation sites (tertiary alicyclic amines) is 1. The number of aromatic nitrogens is 3. The molecule has 3 heterocycles. The highest BCUT2D eigenvalue weighted by atomic mass is 16.1. The second kappa shape index (κ2) is 7.48. The molecule has 0 N–H and O–H groups in total. The maximum absolute atomic E-state index is 12.2. The summed E-state index contributed by atoms with van der Waals surface area (Å²) < 4.78 is 1.66. The van der Waals surface area contributed by atoms with Crippen molar-refractivity contribution < 1.29 is 0 Å². The maximum atomic E-state index is 12.2. The molecule has 0 aromatic carbocycles. The molecule has 0 atom stereocenters. The number of nitrogens with zero attached hydrogens (tertiary/aromatic N) is 4. The third kappa shape index (κ3) is 3.82. The van der Waals surface area contributed by atoms with E-state index in [-0.39, 0.29) is 5.56 Å². The molecule has 5 nitrogen and oxygen atoms in total. The third-order valence-corrected chi connectivity index (χ3v) is 5.76. The van der Waals surface area contributed by atoms with Crippen molar-refractivity contribution in [2.24, 2.45) is 5.92 Å². The molecule has 2 aliphatic rings. The molecule has 2 aromatic heterocycles. The maximum Gasteiger partial charge on any atom is 0.266 e. The predicted molar refractivity (Wildman–Crippen MR) is 98.3 cm³/mol. The molecule has 0 bridgehead atoms. The Kier molecular flexibility index (Phi) is 4.92. The van der Waals surface area contributed by atoms with Crippen LogP contribution in [0.2, 0.25) is 0 Å². The van der Waals surface area contributed by atoms with Crippen molar-refractivity contribution >= 4 is 0 Å². The normalized spacial score (nSPS) is 20.2. The van der Waals surface area contributed by atoms with Gasteiger partial charge >= 0.3 is 0 Å². The van der Waals surface area contributed by atoms with E-state index in [1.165, 1.54) is 51.6 Å². The summed E-state index contributed by atoms with van der Waals surface area (Å²) in [6, 6.07) is 8.11. The van der Waals surface area contributed by atoms with E-state index in [1.54, 1.807) is 29.2 Å². The quantitative estimate of drug-likeness (QED) is 0.860. The van der Waals surface area contributed by atoms with Gasteiger partial charge in [0.05, 0.1) is 5.69 Å². The first kappa shape index (κ1) is 16.5. The molecular weight excluding hydrogens is 312 g/mol. The van der Waals surface area contributed by atoms with Crippen molar-refractivity contribution in [3.63, 3.8) is 0 Å². The van der Waals surface area contributed by atoms with Crippen LogP contribution in [0.3, 0.4) is 0 Å². The number of piperidine rings is 1. The summed E-state index contributed by atoms with van der Waals surface area (Å²) >= 11 is 0. The Hall–Kier alpha value is -2.01. The first-order chi connectivity index (χ1) is 12.3. The molecule has 1 aliphatic heterocycles. The lowest BCUT2D eigenvalue weighted by atomic mass is 9.95. The van der Waals surface area contributed by atoms with Gasteiger partial charge in [-0.3, -0.25) is 9.78 Å². The van der Waals surface area contributed by atoms with Gasteiger partial charge in [0.1, 0.15) is 0 Å². The zero-order valence-electron chi connectivity index (χ0n) is 14.7. The smallest absolute Gasteiger partial charge is 0.266 e. The molecule has 1 saturated carbocycles. The average Bonchev–Trinajstić information content (AvgIpc) is 3.20. The van der Waals surface area contributed by atoms with Crippen molar-refractivity contribution in [2.75, 3.05) is 13.1 Å². The van der Waals surface area contributed by atoms with Gasteiger partial charge in [0.15, 0.2) is 0 Å². The molecule has 2 fully saturated rings. The number of hydrogen-bond donors (Lipinski definition) is 0. The van der Waals surface area contributed by atoms with Crippen LogP contribution >= 0.6 is 0 Å². The summed E-state index contributed by atoms with van der Waals surface area (Å²) in [7, 11) is 0. The minimum atomic E-state index is -0.00368. The van der Waals surface area contributed by atoms with E-state index in [4.69, 9.17) is 0 Å². The highest BCUT2D eigenvalue weighted by Crippen LogP contribution is 2.28. The predicted octanol–water partition coefficient (Wildman–Crippen LogP) is 2.96. The lowest BCUT2D eigenvalue weighted by Crippen LogP contribution is -2.41. The molecular formula is C20H26N4O. The van der Waals surface area contributed by atoms with Crippen LogP contribution in [0.5, 0.6) is 0 Å². The van der Waals surface area contributed by atoms with Gasteiger partial charge in [-0.1, -0.05) is 12.8 Å². The Balaban J connectivity index is 1.42. The summed E-state index contributed by atoms with van der Waals surface area (Å²) in [5, 5.41) is 4.60. The van der Waals surface area contributed by atoms with E-state index in [0.717, 1.165) is 23.8 Å². The Labute approximate surface area is 148 Å².